The van der Waals surface area contributed by atoms with Crippen molar-refractivity contribution in [2.45, 2.75) is 52.0 Å². The summed E-state index contributed by atoms with van der Waals surface area (Å²) in [5, 5.41) is 0. The Balaban J connectivity index is 1.96. The van der Waals surface area contributed by atoms with E-state index in [2.05, 4.69) is 0 Å². The summed E-state index contributed by atoms with van der Waals surface area (Å²) < 4.78 is 10.9. The number of hydrogen-bond donors (Lipinski definition) is 0. The fourth-order valence-electron chi connectivity index (χ4n) is 4.32. The molecule has 2 amide bonds. The molecule has 6 heteroatoms. The lowest BCUT2D eigenvalue weighted by Crippen LogP contribution is -2.37. The maximum Gasteiger partial charge on any atom is 0.257 e. The molecule has 2 aromatic rings. The molecule has 0 saturated carbocycles. The Kier molecular flexibility index (Phi) is 9.76. The molecule has 0 atom stereocenters. The molecule has 0 radical (unpaired) electrons. The number of hydrogen-bond acceptors (Lipinski definition) is 4. The molecule has 6 nitrogen and oxygen atoms in total. The highest BCUT2D eigenvalue weighted by molar-refractivity contribution is 5.97. The molecule has 1 aliphatic rings. The third kappa shape index (κ3) is 6.81. The van der Waals surface area contributed by atoms with E-state index in [1.165, 1.54) is 0 Å². The minimum absolute atomic E-state index is 0.0404. The molecule has 1 heterocycles. The summed E-state index contributed by atoms with van der Waals surface area (Å²) in [5.74, 6) is 0.510. The van der Waals surface area contributed by atoms with E-state index in [-0.39, 0.29) is 18.4 Å². The summed E-state index contributed by atoms with van der Waals surface area (Å²) >= 11 is 0. The van der Waals surface area contributed by atoms with Gasteiger partial charge in [-0.25, -0.2) is 0 Å². The van der Waals surface area contributed by atoms with Crippen molar-refractivity contribution >= 4 is 17.5 Å². The Morgan fingerprint density at radius 2 is 1.55 bits per heavy atom. The quantitative estimate of drug-likeness (QED) is 0.636. The van der Waals surface area contributed by atoms with Gasteiger partial charge in [0.15, 0.2) is 0 Å². The molecule has 3 rings (SSSR count). The van der Waals surface area contributed by atoms with Gasteiger partial charge in [-0.3, -0.25) is 9.59 Å². The van der Waals surface area contributed by atoms with E-state index in [0.717, 1.165) is 49.8 Å². The summed E-state index contributed by atoms with van der Waals surface area (Å²) in [7, 11) is 1.54. The van der Waals surface area contributed by atoms with E-state index in [0.29, 0.717) is 37.6 Å². The normalized spacial score (nSPS) is 15.6. The number of fused-ring (bicyclic) bond motifs is 1. The lowest BCUT2D eigenvalue weighted by atomic mass is 10.1. The van der Waals surface area contributed by atoms with Crippen LogP contribution in [0.1, 0.15) is 61.4 Å². The molecule has 0 aliphatic carbocycles. The average molecular weight is 453 g/mol. The molecule has 2 aromatic carbocycles. The van der Waals surface area contributed by atoms with Crippen LogP contribution in [0.2, 0.25) is 0 Å². The molecule has 0 bridgehead atoms. The van der Waals surface area contributed by atoms with Gasteiger partial charge in [0.2, 0.25) is 0 Å². The van der Waals surface area contributed by atoms with Gasteiger partial charge < -0.3 is 19.3 Å². The second kappa shape index (κ2) is 13.0. The number of rotatable bonds is 5. The summed E-state index contributed by atoms with van der Waals surface area (Å²) in [5.41, 5.74) is 2.39. The van der Waals surface area contributed by atoms with Crippen LogP contribution in [-0.2, 0) is 16.1 Å². The smallest absolute Gasteiger partial charge is 0.257 e. The first kappa shape index (κ1) is 24.8. The third-order valence-corrected chi connectivity index (χ3v) is 5.98. The topological polar surface area (TPSA) is 59.1 Å². The Morgan fingerprint density at radius 3 is 2.30 bits per heavy atom. The highest BCUT2D eigenvalue weighted by atomic mass is 16.5. The Morgan fingerprint density at radius 1 is 0.879 bits per heavy atom. The Labute approximate surface area is 197 Å². The van der Waals surface area contributed by atoms with Crippen molar-refractivity contribution in [3.05, 3.63) is 59.7 Å². The average Bonchev–Trinajstić information content (AvgIpc) is 2.84. The number of amides is 2. The van der Waals surface area contributed by atoms with Crippen LogP contribution < -0.4 is 9.64 Å². The molecule has 178 valence electrons. The van der Waals surface area contributed by atoms with Gasteiger partial charge in [0, 0.05) is 32.4 Å². The SMILES string of the molecule is CCOc1ccccc1C(=O)N1CCCCCCCCN(C(=O)COC)c2ccccc2C1. The predicted octanol–water partition coefficient (Wildman–Crippen LogP) is 5.06. The van der Waals surface area contributed by atoms with Gasteiger partial charge >= 0.3 is 0 Å². The van der Waals surface area contributed by atoms with Crippen molar-refractivity contribution < 1.29 is 19.1 Å². The first-order valence-corrected chi connectivity index (χ1v) is 12.0. The zero-order chi connectivity index (χ0) is 23.5. The van der Waals surface area contributed by atoms with E-state index < -0.39 is 0 Å². The van der Waals surface area contributed by atoms with E-state index in [1.54, 1.807) is 7.11 Å². The monoisotopic (exact) mass is 452 g/mol. The highest BCUT2D eigenvalue weighted by Gasteiger charge is 2.23. The molecule has 33 heavy (non-hydrogen) atoms. The Bertz CT molecular complexity index is 914. The highest BCUT2D eigenvalue weighted by Crippen LogP contribution is 2.27. The molecule has 1 aliphatic heterocycles. The standard InChI is InChI=1S/C27H36N2O4/c1-3-33-25-17-11-9-15-23(25)27(31)28-18-12-6-4-5-7-13-19-29(26(30)21-32-2)24-16-10-8-14-22(24)20-28/h8-11,14-17H,3-7,12-13,18-21H2,1-2H3. The number of para-hydroxylation sites is 2. The van der Waals surface area contributed by atoms with Gasteiger partial charge in [0.1, 0.15) is 12.4 Å². The number of carbonyl (C=O) groups excluding carboxylic acids is 2. The molecule has 0 spiro atoms. The number of ether oxygens (including phenoxy) is 2. The van der Waals surface area contributed by atoms with Gasteiger partial charge in [-0.05, 0) is 43.5 Å². The van der Waals surface area contributed by atoms with Crippen LogP contribution in [0.4, 0.5) is 5.69 Å². The van der Waals surface area contributed by atoms with Crippen molar-refractivity contribution in [3.8, 4) is 5.75 Å². The second-order valence-corrected chi connectivity index (χ2v) is 8.38. The van der Waals surface area contributed by atoms with Crippen molar-refractivity contribution in [2.24, 2.45) is 0 Å². The molecule has 0 unspecified atom stereocenters. The van der Waals surface area contributed by atoms with Crippen LogP contribution in [0.5, 0.6) is 5.75 Å². The summed E-state index contributed by atoms with van der Waals surface area (Å²) in [6, 6.07) is 15.3. The second-order valence-electron chi connectivity index (χ2n) is 8.38. The molecule has 0 saturated heterocycles. The van der Waals surface area contributed by atoms with Crippen molar-refractivity contribution in [1.82, 2.24) is 4.90 Å². The van der Waals surface area contributed by atoms with E-state index in [4.69, 9.17) is 9.47 Å². The van der Waals surface area contributed by atoms with E-state index in [1.807, 2.05) is 65.3 Å². The molecular formula is C27H36N2O4. The number of carbonyl (C=O) groups is 2. The van der Waals surface area contributed by atoms with Gasteiger partial charge in [-0.2, -0.15) is 0 Å². The largest absolute Gasteiger partial charge is 0.493 e. The minimum atomic E-state index is -0.0561. The lowest BCUT2D eigenvalue weighted by Gasteiger charge is -2.28. The number of anilines is 1. The van der Waals surface area contributed by atoms with Crippen molar-refractivity contribution in [3.63, 3.8) is 0 Å². The summed E-state index contributed by atoms with van der Waals surface area (Å²) in [6.07, 6.45) is 6.35. The van der Waals surface area contributed by atoms with Gasteiger partial charge in [0.05, 0.1) is 12.2 Å². The number of nitrogens with zero attached hydrogens (tertiary/aromatic N) is 2. The molecule has 0 N–H and O–H groups in total. The molecular weight excluding hydrogens is 416 g/mol. The van der Waals surface area contributed by atoms with Crippen LogP contribution >= 0.6 is 0 Å². The molecule has 0 fully saturated rings. The van der Waals surface area contributed by atoms with Crippen molar-refractivity contribution in [2.75, 3.05) is 38.3 Å². The van der Waals surface area contributed by atoms with Gasteiger partial charge in [-0.15, -0.1) is 0 Å². The van der Waals surface area contributed by atoms with Crippen LogP contribution in [0, 0.1) is 0 Å². The van der Waals surface area contributed by atoms with E-state index in [9.17, 15) is 9.59 Å². The first-order valence-electron chi connectivity index (χ1n) is 12.0. The summed E-state index contributed by atoms with van der Waals surface area (Å²) in [6.45, 7) is 4.22. The van der Waals surface area contributed by atoms with Gasteiger partial charge in [0.25, 0.3) is 11.8 Å². The third-order valence-electron chi connectivity index (χ3n) is 5.98. The maximum atomic E-state index is 13.7. The van der Waals surface area contributed by atoms with Crippen LogP contribution in [-0.4, -0.2) is 50.1 Å². The fraction of sp³-hybridized carbons (Fsp3) is 0.481. The van der Waals surface area contributed by atoms with E-state index >= 15 is 0 Å². The van der Waals surface area contributed by atoms with Crippen LogP contribution in [0.25, 0.3) is 0 Å². The van der Waals surface area contributed by atoms with Gasteiger partial charge in [-0.1, -0.05) is 56.0 Å². The zero-order valence-corrected chi connectivity index (χ0v) is 19.9. The molecule has 0 aromatic heterocycles. The zero-order valence-electron chi connectivity index (χ0n) is 19.9. The Hall–Kier alpha value is -2.86. The number of benzene rings is 2. The maximum absolute atomic E-state index is 13.7. The minimum Gasteiger partial charge on any atom is -0.493 e. The predicted molar refractivity (Wildman–Crippen MR) is 131 cm³/mol. The summed E-state index contributed by atoms with van der Waals surface area (Å²) in [4.78, 5) is 30.3. The van der Waals surface area contributed by atoms with Crippen LogP contribution in [0.15, 0.2) is 48.5 Å². The van der Waals surface area contributed by atoms with Crippen molar-refractivity contribution in [1.29, 1.82) is 0 Å². The van der Waals surface area contributed by atoms with Crippen LogP contribution in [0.3, 0.4) is 0 Å². The fourth-order valence-corrected chi connectivity index (χ4v) is 4.32. The first-order chi connectivity index (χ1) is 16.2. The number of methoxy groups -OCH3 is 1. The lowest BCUT2D eigenvalue weighted by molar-refractivity contribution is -0.122.